The number of carbonyl (C=O) groups is 2. The van der Waals surface area contributed by atoms with Crippen LogP contribution in [0.15, 0.2) is 22.7 Å². The van der Waals surface area contributed by atoms with Gasteiger partial charge >= 0.3 is 0 Å². The number of nitrogens with one attached hydrogen (secondary N) is 1. The minimum atomic E-state index is -0.786. The Kier molecular flexibility index (Phi) is 6.38. The minimum Gasteiger partial charge on any atom is -0.480 e. The lowest BCUT2D eigenvalue weighted by molar-refractivity contribution is -0.135. The maximum absolute atomic E-state index is 13.0. The Bertz CT molecular complexity index is 576. The smallest absolute Gasteiger partial charge is 0.261 e. The molecule has 1 aliphatic heterocycles. The first-order chi connectivity index (χ1) is 11.0. The molecule has 0 spiro atoms. The predicted molar refractivity (Wildman–Crippen MR) is 87.6 cm³/mol. The number of amides is 2. The number of halogens is 2. The first-order valence-electron chi connectivity index (χ1n) is 7.64. The average molecular weight is 387 g/mol. The maximum atomic E-state index is 13.0. The number of carbonyl (C=O) groups excluding carboxylic acids is 2. The molecule has 7 heteroatoms. The van der Waals surface area contributed by atoms with Crippen LogP contribution in [0.25, 0.3) is 0 Å². The van der Waals surface area contributed by atoms with Gasteiger partial charge in [-0.05, 0) is 60.3 Å². The van der Waals surface area contributed by atoms with E-state index in [-0.39, 0.29) is 18.4 Å². The molecule has 1 aliphatic rings. The van der Waals surface area contributed by atoms with Gasteiger partial charge in [-0.2, -0.15) is 0 Å². The van der Waals surface area contributed by atoms with Gasteiger partial charge in [-0.15, -0.1) is 0 Å². The number of benzene rings is 1. The zero-order valence-corrected chi connectivity index (χ0v) is 14.6. The van der Waals surface area contributed by atoms with E-state index in [1.165, 1.54) is 18.2 Å². The molecule has 1 atom stereocenters. The van der Waals surface area contributed by atoms with Crippen LogP contribution < -0.4 is 10.1 Å². The molecule has 0 saturated carbocycles. The van der Waals surface area contributed by atoms with Gasteiger partial charge < -0.3 is 15.0 Å². The Balaban J connectivity index is 1.81. The van der Waals surface area contributed by atoms with Gasteiger partial charge in [0.2, 0.25) is 5.91 Å². The van der Waals surface area contributed by atoms with Crippen LogP contribution in [0.4, 0.5) is 4.39 Å². The summed E-state index contributed by atoms with van der Waals surface area (Å²) in [6, 6.07) is 3.96. The van der Waals surface area contributed by atoms with Crippen molar-refractivity contribution in [3.8, 4) is 5.75 Å². The van der Waals surface area contributed by atoms with Crippen LogP contribution in [0.2, 0.25) is 0 Å². The van der Waals surface area contributed by atoms with Crippen LogP contribution in [-0.4, -0.2) is 42.5 Å². The number of hydrogen-bond donors (Lipinski definition) is 1. The molecular formula is C16H20BrFN2O3. The largest absolute Gasteiger partial charge is 0.480 e. The van der Waals surface area contributed by atoms with E-state index < -0.39 is 11.9 Å². The highest BCUT2D eigenvalue weighted by molar-refractivity contribution is 9.10. The molecule has 2 rings (SSSR count). The molecule has 1 heterocycles. The van der Waals surface area contributed by atoms with Gasteiger partial charge in [0.1, 0.15) is 11.6 Å². The van der Waals surface area contributed by atoms with Crippen molar-refractivity contribution >= 4 is 27.7 Å². The monoisotopic (exact) mass is 386 g/mol. The summed E-state index contributed by atoms with van der Waals surface area (Å²) in [5.41, 5.74) is 0. The van der Waals surface area contributed by atoms with Crippen molar-refractivity contribution in [2.75, 3.05) is 19.6 Å². The van der Waals surface area contributed by atoms with E-state index in [1.54, 1.807) is 11.8 Å². The molecule has 1 fully saturated rings. The van der Waals surface area contributed by atoms with Crippen LogP contribution >= 0.6 is 15.9 Å². The molecule has 126 valence electrons. The van der Waals surface area contributed by atoms with Crippen molar-refractivity contribution in [3.05, 3.63) is 28.5 Å². The number of nitrogens with zero attached hydrogens (tertiary/aromatic N) is 1. The van der Waals surface area contributed by atoms with Gasteiger partial charge in [0.25, 0.3) is 5.91 Å². The lowest BCUT2D eigenvalue weighted by Crippen LogP contribution is -2.45. The molecule has 0 bridgehead atoms. The molecule has 0 radical (unpaired) electrons. The highest BCUT2D eigenvalue weighted by Crippen LogP contribution is 2.26. The van der Waals surface area contributed by atoms with E-state index in [0.29, 0.717) is 10.2 Å². The molecule has 0 aliphatic carbocycles. The van der Waals surface area contributed by atoms with Gasteiger partial charge in [0.05, 0.1) is 11.0 Å². The molecule has 1 aromatic rings. The average Bonchev–Trinajstić information content (AvgIpc) is 2.55. The molecular weight excluding hydrogens is 367 g/mol. The lowest BCUT2D eigenvalue weighted by atomic mass is 10.1. The van der Waals surface area contributed by atoms with E-state index in [2.05, 4.69) is 21.2 Å². The van der Waals surface area contributed by atoms with Crippen molar-refractivity contribution < 1.29 is 18.7 Å². The SMILES string of the molecule is CC(Oc1ccc(F)cc1Br)C(=O)NCC(=O)N1CCCCC1. The standard InChI is InChI=1S/C16H20BrFN2O3/c1-11(23-14-6-5-12(18)9-13(14)17)16(22)19-10-15(21)20-7-3-2-4-8-20/h5-6,9,11H,2-4,7-8,10H2,1H3,(H,19,22). The summed E-state index contributed by atoms with van der Waals surface area (Å²) in [4.78, 5) is 25.8. The van der Waals surface area contributed by atoms with Crippen LogP contribution in [0, 0.1) is 5.82 Å². The highest BCUT2D eigenvalue weighted by Gasteiger charge is 2.20. The highest BCUT2D eigenvalue weighted by atomic mass is 79.9. The molecule has 1 N–H and O–H groups in total. The first-order valence-corrected chi connectivity index (χ1v) is 8.44. The number of piperidine rings is 1. The predicted octanol–water partition coefficient (Wildman–Crippen LogP) is 2.48. The van der Waals surface area contributed by atoms with Crippen LogP contribution in [0.3, 0.4) is 0 Å². The zero-order chi connectivity index (χ0) is 16.8. The van der Waals surface area contributed by atoms with E-state index >= 15 is 0 Å². The second kappa shape index (κ2) is 8.29. The van der Waals surface area contributed by atoms with Crippen LogP contribution in [0.5, 0.6) is 5.75 Å². The summed E-state index contributed by atoms with van der Waals surface area (Å²) in [7, 11) is 0. The van der Waals surface area contributed by atoms with Gasteiger partial charge in [-0.25, -0.2) is 4.39 Å². The van der Waals surface area contributed by atoms with Crippen molar-refractivity contribution in [3.63, 3.8) is 0 Å². The van der Waals surface area contributed by atoms with E-state index in [1.807, 2.05) is 0 Å². The summed E-state index contributed by atoms with van der Waals surface area (Å²) in [5.74, 6) is -0.482. The van der Waals surface area contributed by atoms with E-state index in [4.69, 9.17) is 4.74 Å². The number of rotatable bonds is 5. The van der Waals surface area contributed by atoms with Gasteiger partial charge in [-0.1, -0.05) is 0 Å². The second-order valence-corrected chi connectivity index (χ2v) is 6.35. The fraction of sp³-hybridized carbons (Fsp3) is 0.500. The van der Waals surface area contributed by atoms with E-state index in [0.717, 1.165) is 32.4 Å². The molecule has 1 aromatic carbocycles. The molecule has 5 nitrogen and oxygen atoms in total. The maximum Gasteiger partial charge on any atom is 0.261 e. The molecule has 2 amide bonds. The molecule has 1 saturated heterocycles. The van der Waals surface area contributed by atoms with Gasteiger partial charge in [0.15, 0.2) is 6.10 Å². The molecule has 23 heavy (non-hydrogen) atoms. The van der Waals surface area contributed by atoms with Crippen molar-refractivity contribution in [1.29, 1.82) is 0 Å². The summed E-state index contributed by atoms with van der Waals surface area (Å²) < 4.78 is 18.9. The fourth-order valence-electron chi connectivity index (χ4n) is 2.38. The Morgan fingerprint density at radius 3 is 2.70 bits per heavy atom. The Morgan fingerprint density at radius 1 is 1.35 bits per heavy atom. The second-order valence-electron chi connectivity index (χ2n) is 5.49. The van der Waals surface area contributed by atoms with Crippen LogP contribution in [0.1, 0.15) is 26.2 Å². The number of likely N-dealkylation sites (tertiary alicyclic amines) is 1. The quantitative estimate of drug-likeness (QED) is 0.845. The summed E-state index contributed by atoms with van der Waals surface area (Å²) in [5, 5.41) is 2.59. The van der Waals surface area contributed by atoms with Crippen molar-refractivity contribution in [1.82, 2.24) is 10.2 Å². The van der Waals surface area contributed by atoms with Crippen molar-refractivity contribution in [2.45, 2.75) is 32.3 Å². The van der Waals surface area contributed by atoms with Crippen molar-refractivity contribution in [2.24, 2.45) is 0 Å². The molecule has 1 unspecified atom stereocenters. The van der Waals surface area contributed by atoms with Crippen LogP contribution in [-0.2, 0) is 9.59 Å². The first kappa shape index (κ1) is 17.7. The third-order valence-electron chi connectivity index (χ3n) is 3.69. The minimum absolute atomic E-state index is 0.0306. The Morgan fingerprint density at radius 2 is 2.04 bits per heavy atom. The Labute approximate surface area is 143 Å². The third kappa shape index (κ3) is 5.20. The fourth-order valence-corrected chi connectivity index (χ4v) is 2.82. The summed E-state index contributed by atoms with van der Waals surface area (Å²) in [6.45, 7) is 3.06. The summed E-state index contributed by atoms with van der Waals surface area (Å²) in [6.07, 6.45) is 2.38. The normalized spacial score (nSPS) is 15.9. The van der Waals surface area contributed by atoms with Gasteiger partial charge in [-0.3, -0.25) is 9.59 Å². The topological polar surface area (TPSA) is 58.6 Å². The van der Waals surface area contributed by atoms with Gasteiger partial charge in [0, 0.05) is 13.1 Å². The number of hydrogen-bond acceptors (Lipinski definition) is 3. The zero-order valence-electron chi connectivity index (χ0n) is 13.0. The molecule has 0 aromatic heterocycles. The van der Waals surface area contributed by atoms with E-state index in [9.17, 15) is 14.0 Å². The summed E-state index contributed by atoms with van der Waals surface area (Å²) >= 11 is 3.18. The third-order valence-corrected chi connectivity index (χ3v) is 4.31. The Hall–Kier alpha value is -1.63. The number of ether oxygens (including phenoxy) is 1. The lowest BCUT2D eigenvalue weighted by Gasteiger charge is -2.27.